The monoisotopic (exact) mass is 294 g/mol. The summed E-state index contributed by atoms with van der Waals surface area (Å²) in [6, 6.07) is 11.3. The van der Waals surface area contributed by atoms with Gasteiger partial charge in [-0.3, -0.25) is 0 Å². The fourth-order valence-electron chi connectivity index (χ4n) is 2.19. The van der Waals surface area contributed by atoms with Crippen LogP contribution in [0.15, 0.2) is 42.5 Å². The molecule has 0 aliphatic heterocycles. The Bertz CT molecular complexity index is 606. The van der Waals surface area contributed by atoms with Gasteiger partial charge in [0.2, 0.25) is 0 Å². The number of aryl methyl sites for hydroxylation is 1. The Kier molecular flexibility index (Phi) is 4.68. The molecule has 2 aromatic carbocycles. The fourth-order valence-corrected chi connectivity index (χ4v) is 2.19. The number of hydrogen-bond acceptors (Lipinski definition) is 1. The molecule has 0 fully saturated rings. The van der Waals surface area contributed by atoms with Crippen LogP contribution in [0.1, 0.15) is 24.5 Å². The van der Waals surface area contributed by atoms with E-state index in [2.05, 4.69) is 11.7 Å². The van der Waals surface area contributed by atoms with Crippen LogP contribution in [-0.4, -0.2) is 7.11 Å². The van der Waals surface area contributed by atoms with Crippen LogP contribution in [0.2, 0.25) is 0 Å². The molecule has 1 nitrogen and oxygen atoms in total. The van der Waals surface area contributed by atoms with E-state index in [0.29, 0.717) is 5.56 Å². The molecule has 2 rings (SSSR count). The topological polar surface area (TPSA) is 9.23 Å². The van der Waals surface area contributed by atoms with Gasteiger partial charge in [0.25, 0.3) is 0 Å². The van der Waals surface area contributed by atoms with Gasteiger partial charge in [0.15, 0.2) is 0 Å². The summed E-state index contributed by atoms with van der Waals surface area (Å²) < 4.78 is 44.6. The molecule has 0 radical (unpaired) electrons. The van der Waals surface area contributed by atoms with E-state index in [1.165, 1.54) is 11.6 Å². The molecule has 0 saturated carbocycles. The highest BCUT2D eigenvalue weighted by Gasteiger charge is 2.34. The van der Waals surface area contributed by atoms with Crippen molar-refractivity contribution in [3.63, 3.8) is 0 Å². The maximum Gasteiger partial charge on any atom is 0.385 e. The first kappa shape index (κ1) is 15.6. The molecule has 21 heavy (non-hydrogen) atoms. The lowest BCUT2D eigenvalue weighted by Crippen LogP contribution is -2.17. The van der Waals surface area contributed by atoms with Gasteiger partial charge in [-0.15, -0.1) is 0 Å². The highest BCUT2D eigenvalue weighted by atomic mass is 19.3. The third-order valence-electron chi connectivity index (χ3n) is 3.36. The minimum Gasteiger partial charge on any atom is -0.320 e. The van der Waals surface area contributed by atoms with Crippen molar-refractivity contribution in [2.75, 3.05) is 7.11 Å². The Labute approximate surface area is 122 Å². The Morgan fingerprint density at radius 2 is 1.62 bits per heavy atom. The molecule has 0 amide bonds. The quantitative estimate of drug-likeness (QED) is 0.742. The summed E-state index contributed by atoms with van der Waals surface area (Å²) in [6.45, 7) is 2.10. The number of ether oxygens (including phenoxy) is 1. The largest absolute Gasteiger partial charge is 0.385 e. The summed E-state index contributed by atoms with van der Waals surface area (Å²) in [5, 5.41) is 0. The van der Waals surface area contributed by atoms with Crippen molar-refractivity contribution >= 4 is 0 Å². The second-order valence-electron chi connectivity index (χ2n) is 4.86. The predicted octanol–water partition coefficient (Wildman–Crippen LogP) is 5.14. The van der Waals surface area contributed by atoms with Crippen molar-refractivity contribution in [2.24, 2.45) is 0 Å². The first-order chi connectivity index (χ1) is 9.97. The average Bonchev–Trinajstić information content (AvgIpc) is 2.48. The van der Waals surface area contributed by atoms with Crippen LogP contribution in [0.25, 0.3) is 11.1 Å². The molecule has 0 N–H and O–H groups in total. The summed E-state index contributed by atoms with van der Waals surface area (Å²) in [4.78, 5) is 0. The Morgan fingerprint density at radius 1 is 1.00 bits per heavy atom. The van der Waals surface area contributed by atoms with Crippen molar-refractivity contribution in [1.82, 2.24) is 0 Å². The van der Waals surface area contributed by atoms with E-state index < -0.39 is 17.5 Å². The first-order valence-electron chi connectivity index (χ1n) is 6.80. The van der Waals surface area contributed by atoms with Crippen LogP contribution in [0.4, 0.5) is 13.2 Å². The summed E-state index contributed by atoms with van der Waals surface area (Å²) in [6.07, 6.45) is -1.59. The minimum atomic E-state index is -3.62. The van der Waals surface area contributed by atoms with E-state index in [1.807, 2.05) is 24.3 Å². The molecule has 0 aromatic heterocycles. The molecule has 0 heterocycles. The van der Waals surface area contributed by atoms with Crippen LogP contribution in [0, 0.1) is 5.82 Å². The van der Waals surface area contributed by atoms with Gasteiger partial charge in [0, 0.05) is 7.11 Å². The number of alkyl halides is 2. The van der Waals surface area contributed by atoms with Crippen LogP contribution in [0.5, 0.6) is 0 Å². The van der Waals surface area contributed by atoms with Crippen molar-refractivity contribution in [3.05, 3.63) is 59.4 Å². The van der Waals surface area contributed by atoms with Crippen LogP contribution >= 0.6 is 0 Å². The third-order valence-corrected chi connectivity index (χ3v) is 3.36. The summed E-state index contributed by atoms with van der Waals surface area (Å²) >= 11 is 0. The number of rotatable bonds is 5. The predicted molar refractivity (Wildman–Crippen MR) is 76.7 cm³/mol. The maximum absolute atomic E-state index is 13.9. The maximum atomic E-state index is 13.9. The van der Waals surface area contributed by atoms with Gasteiger partial charge >= 0.3 is 6.11 Å². The second kappa shape index (κ2) is 6.31. The van der Waals surface area contributed by atoms with Crippen molar-refractivity contribution < 1.29 is 17.9 Å². The van der Waals surface area contributed by atoms with Crippen molar-refractivity contribution in [3.8, 4) is 11.1 Å². The van der Waals surface area contributed by atoms with E-state index >= 15 is 0 Å². The lowest BCUT2D eigenvalue weighted by Gasteiger charge is -2.15. The summed E-state index contributed by atoms with van der Waals surface area (Å²) in [7, 11) is 0.847. The zero-order chi connectivity index (χ0) is 15.5. The third kappa shape index (κ3) is 3.45. The Balaban J connectivity index is 2.31. The Morgan fingerprint density at radius 3 is 2.14 bits per heavy atom. The first-order valence-corrected chi connectivity index (χ1v) is 6.80. The van der Waals surface area contributed by atoms with Gasteiger partial charge < -0.3 is 4.74 Å². The molecular weight excluding hydrogens is 277 g/mol. The highest BCUT2D eigenvalue weighted by Crippen LogP contribution is 2.32. The van der Waals surface area contributed by atoms with E-state index in [9.17, 15) is 13.2 Å². The van der Waals surface area contributed by atoms with Gasteiger partial charge in [-0.05, 0) is 35.2 Å². The van der Waals surface area contributed by atoms with Gasteiger partial charge in [-0.2, -0.15) is 8.78 Å². The number of benzene rings is 2. The van der Waals surface area contributed by atoms with Crippen LogP contribution < -0.4 is 0 Å². The smallest absolute Gasteiger partial charge is 0.320 e. The van der Waals surface area contributed by atoms with Crippen molar-refractivity contribution in [1.29, 1.82) is 0 Å². The molecule has 0 spiro atoms. The second-order valence-corrected chi connectivity index (χ2v) is 4.86. The van der Waals surface area contributed by atoms with Gasteiger partial charge in [0.1, 0.15) is 5.82 Å². The normalized spacial score (nSPS) is 11.7. The molecule has 0 bridgehead atoms. The zero-order valence-corrected chi connectivity index (χ0v) is 12.0. The number of halogens is 3. The Hall–Kier alpha value is -1.81. The molecule has 0 saturated heterocycles. The fraction of sp³-hybridized carbons (Fsp3) is 0.294. The molecule has 4 heteroatoms. The molecule has 0 aliphatic carbocycles. The molecule has 0 aliphatic rings. The molecular formula is C17H17F3O. The lowest BCUT2D eigenvalue weighted by molar-refractivity contribution is -0.233. The minimum absolute atomic E-state index is 0.561. The zero-order valence-electron chi connectivity index (χ0n) is 12.0. The summed E-state index contributed by atoms with van der Waals surface area (Å²) in [5.74, 6) is -0.975. The SMILES string of the molecule is CCCc1ccc(-c2ccc(C(F)(F)OC)c(F)c2)cc1. The summed E-state index contributed by atoms with van der Waals surface area (Å²) in [5.41, 5.74) is 1.80. The van der Waals surface area contributed by atoms with Gasteiger partial charge in [-0.25, -0.2) is 4.39 Å². The van der Waals surface area contributed by atoms with Crippen LogP contribution in [-0.2, 0) is 17.3 Å². The average molecular weight is 294 g/mol. The lowest BCUT2D eigenvalue weighted by atomic mass is 10.0. The van der Waals surface area contributed by atoms with Crippen LogP contribution in [0.3, 0.4) is 0 Å². The van der Waals surface area contributed by atoms with E-state index in [0.717, 1.165) is 37.6 Å². The number of hydrogen-bond donors (Lipinski definition) is 0. The highest BCUT2D eigenvalue weighted by molar-refractivity contribution is 5.64. The van der Waals surface area contributed by atoms with Gasteiger partial charge in [0.05, 0.1) is 5.56 Å². The van der Waals surface area contributed by atoms with Crippen molar-refractivity contribution in [2.45, 2.75) is 25.9 Å². The molecule has 112 valence electrons. The molecule has 0 atom stereocenters. The van der Waals surface area contributed by atoms with E-state index in [4.69, 9.17) is 0 Å². The van der Waals surface area contributed by atoms with E-state index in [-0.39, 0.29) is 0 Å². The van der Waals surface area contributed by atoms with E-state index in [1.54, 1.807) is 0 Å². The molecule has 2 aromatic rings. The van der Waals surface area contributed by atoms with Gasteiger partial charge in [-0.1, -0.05) is 43.7 Å². The standard InChI is InChI=1S/C17H17F3O/c1-3-4-12-5-7-13(8-6-12)14-9-10-15(16(18)11-14)17(19,20)21-2/h5-11H,3-4H2,1-2H3. The molecule has 0 unspecified atom stereocenters. The number of methoxy groups -OCH3 is 1.